The van der Waals surface area contributed by atoms with Crippen molar-refractivity contribution in [3.63, 3.8) is 0 Å². The summed E-state index contributed by atoms with van der Waals surface area (Å²) in [6.07, 6.45) is 1.07. The Bertz CT molecular complexity index is 429. The SMILES string of the molecule is COc1cc(C2CCNC2)c(O)c(C(C)(C)C)c1. The minimum absolute atomic E-state index is 0.0839. The van der Waals surface area contributed by atoms with Crippen LogP contribution in [0.5, 0.6) is 11.5 Å². The van der Waals surface area contributed by atoms with Crippen molar-refractivity contribution in [1.82, 2.24) is 5.32 Å². The highest BCUT2D eigenvalue weighted by atomic mass is 16.5. The van der Waals surface area contributed by atoms with Crippen molar-refractivity contribution in [1.29, 1.82) is 0 Å². The molecule has 100 valence electrons. The van der Waals surface area contributed by atoms with Crippen molar-refractivity contribution in [3.8, 4) is 11.5 Å². The van der Waals surface area contributed by atoms with E-state index < -0.39 is 0 Å². The quantitative estimate of drug-likeness (QED) is 0.847. The first-order valence-corrected chi connectivity index (χ1v) is 6.55. The number of phenols is 1. The number of benzene rings is 1. The molecule has 1 atom stereocenters. The summed E-state index contributed by atoms with van der Waals surface area (Å²) in [6.45, 7) is 8.28. The number of methoxy groups -OCH3 is 1. The Morgan fingerprint density at radius 3 is 2.56 bits per heavy atom. The second kappa shape index (κ2) is 4.81. The lowest BCUT2D eigenvalue weighted by molar-refractivity contribution is 0.401. The lowest BCUT2D eigenvalue weighted by atomic mass is 9.83. The highest BCUT2D eigenvalue weighted by molar-refractivity contribution is 5.51. The maximum atomic E-state index is 10.5. The molecule has 1 aliphatic heterocycles. The van der Waals surface area contributed by atoms with Crippen molar-refractivity contribution >= 4 is 0 Å². The molecule has 1 saturated heterocycles. The van der Waals surface area contributed by atoms with E-state index in [-0.39, 0.29) is 5.41 Å². The lowest BCUT2D eigenvalue weighted by Gasteiger charge is -2.24. The van der Waals surface area contributed by atoms with Crippen molar-refractivity contribution in [2.75, 3.05) is 20.2 Å². The van der Waals surface area contributed by atoms with Gasteiger partial charge in [-0.2, -0.15) is 0 Å². The highest BCUT2D eigenvalue weighted by Crippen LogP contribution is 2.41. The van der Waals surface area contributed by atoms with Gasteiger partial charge in [0.05, 0.1) is 7.11 Å². The van der Waals surface area contributed by atoms with E-state index in [1.165, 1.54) is 0 Å². The van der Waals surface area contributed by atoms with E-state index in [1.807, 2.05) is 12.1 Å². The summed E-state index contributed by atoms with van der Waals surface area (Å²) < 4.78 is 5.37. The highest BCUT2D eigenvalue weighted by Gasteiger charge is 2.26. The Balaban J connectivity index is 2.51. The summed E-state index contributed by atoms with van der Waals surface area (Å²) >= 11 is 0. The topological polar surface area (TPSA) is 41.5 Å². The van der Waals surface area contributed by atoms with Crippen LogP contribution in [-0.2, 0) is 5.41 Å². The summed E-state index contributed by atoms with van der Waals surface area (Å²) in [5, 5.41) is 13.9. The number of rotatable bonds is 2. The normalized spacial score (nSPS) is 20.1. The number of ether oxygens (including phenoxy) is 1. The van der Waals surface area contributed by atoms with Crippen molar-refractivity contribution in [3.05, 3.63) is 23.3 Å². The van der Waals surface area contributed by atoms with Crippen LogP contribution in [-0.4, -0.2) is 25.3 Å². The minimum Gasteiger partial charge on any atom is -0.507 e. The molecule has 1 unspecified atom stereocenters. The Morgan fingerprint density at radius 2 is 2.06 bits per heavy atom. The van der Waals surface area contributed by atoms with Gasteiger partial charge in [-0.05, 0) is 30.5 Å². The average Bonchev–Trinajstić information content (AvgIpc) is 2.81. The van der Waals surface area contributed by atoms with E-state index in [9.17, 15) is 5.11 Å². The molecule has 0 spiro atoms. The van der Waals surface area contributed by atoms with Crippen molar-refractivity contribution in [2.45, 2.75) is 38.5 Å². The first-order chi connectivity index (χ1) is 8.43. The fourth-order valence-electron chi connectivity index (χ4n) is 2.55. The van der Waals surface area contributed by atoms with E-state index in [0.29, 0.717) is 11.7 Å². The molecule has 3 nitrogen and oxygen atoms in total. The number of nitrogens with one attached hydrogen (secondary N) is 1. The standard InChI is InChI=1S/C15H23NO2/c1-15(2,3)13-8-11(18-4)7-12(14(13)17)10-5-6-16-9-10/h7-8,10,16-17H,5-6,9H2,1-4H3. The third-order valence-electron chi connectivity index (χ3n) is 3.66. The molecule has 0 bridgehead atoms. The van der Waals surface area contributed by atoms with Crippen LogP contribution in [0, 0.1) is 0 Å². The van der Waals surface area contributed by atoms with E-state index in [4.69, 9.17) is 4.74 Å². The lowest BCUT2D eigenvalue weighted by Crippen LogP contribution is -2.14. The maximum absolute atomic E-state index is 10.5. The van der Waals surface area contributed by atoms with Crippen LogP contribution in [0.15, 0.2) is 12.1 Å². The summed E-state index contributed by atoms with van der Waals surface area (Å²) in [5.74, 6) is 1.66. The average molecular weight is 249 g/mol. The second-order valence-corrected chi connectivity index (χ2v) is 6.05. The Kier molecular flexibility index (Phi) is 3.53. The third-order valence-corrected chi connectivity index (χ3v) is 3.66. The zero-order valence-corrected chi connectivity index (χ0v) is 11.7. The van der Waals surface area contributed by atoms with Crippen LogP contribution >= 0.6 is 0 Å². The maximum Gasteiger partial charge on any atom is 0.123 e. The predicted molar refractivity (Wildman–Crippen MR) is 73.6 cm³/mol. The molecule has 0 amide bonds. The molecular formula is C15H23NO2. The third kappa shape index (κ3) is 2.46. The van der Waals surface area contributed by atoms with E-state index in [0.717, 1.165) is 36.4 Å². The van der Waals surface area contributed by atoms with Gasteiger partial charge in [-0.25, -0.2) is 0 Å². The fourth-order valence-corrected chi connectivity index (χ4v) is 2.55. The molecule has 3 heteroatoms. The predicted octanol–water partition coefficient (Wildman–Crippen LogP) is 2.78. The van der Waals surface area contributed by atoms with Crippen LogP contribution in [0.4, 0.5) is 0 Å². The van der Waals surface area contributed by atoms with Crippen LogP contribution < -0.4 is 10.1 Å². The summed E-state index contributed by atoms with van der Waals surface area (Å²) in [5.41, 5.74) is 1.90. The van der Waals surface area contributed by atoms with Gasteiger partial charge in [0.2, 0.25) is 0 Å². The van der Waals surface area contributed by atoms with Gasteiger partial charge in [-0.15, -0.1) is 0 Å². The molecule has 0 aliphatic carbocycles. The summed E-state index contributed by atoms with van der Waals surface area (Å²) in [7, 11) is 1.68. The van der Waals surface area contributed by atoms with Gasteiger partial charge in [-0.1, -0.05) is 20.8 Å². The largest absolute Gasteiger partial charge is 0.507 e. The smallest absolute Gasteiger partial charge is 0.123 e. The number of aromatic hydroxyl groups is 1. The molecular weight excluding hydrogens is 226 g/mol. The minimum atomic E-state index is -0.0839. The summed E-state index contributed by atoms with van der Waals surface area (Å²) in [4.78, 5) is 0. The van der Waals surface area contributed by atoms with Gasteiger partial charge in [-0.3, -0.25) is 0 Å². The number of phenolic OH excluding ortho intramolecular Hbond substituents is 1. The van der Waals surface area contributed by atoms with Gasteiger partial charge >= 0.3 is 0 Å². The number of hydrogen-bond donors (Lipinski definition) is 2. The van der Waals surface area contributed by atoms with Gasteiger partial charge < -0.3 is 15.2 Å². The Hall–Kier alpha value is -1.22. The zero-order chi connectivity index (χ0) is 13.3. The molecule has 18 heavy (non-hydrogen) atoms. The van der Waals surface area contributed by atoms with E-state index >= 15 is 0 Å². The summed E-state index contributed by atoms with van der Waals surface area (Å²) in [6, 6.07) is 3.92. The molecule has 0 radical (unpaired) electrons. The van der Waals surface area contributed by atoms with Gasteiger partial charge in [0.25, 0.3) is 0 Å². The molecule has 2 rings (SSSR count). The van der Waals surface area contributed by atoms with Crippen molar-refractivity contribution in [2.24, 2.45) is 0 Å². The molecule has 0 saturated carbocycles. The molecule has 1 aromatic rings. The number of hydrogen-bond acceptors (Lipinski definition) is 3. The molecule has 1 aliphatic rings. The first kappa shape index (κ1) is 13.2. The molecule has 0 aromatic heterocycles. The van der Waals surface area contributed by atoms with Crippen LogP contribution in [0.2, 0.25) is 0 Å². The second-order valence-electron chi connectivity index (χ2n) is 6.05. The van der Waals surface area contributed by atoms with Crippen LogP contribution in [0.3, 0.4) is 0 Å². The van der Waals surface area contributed by atoms with Gasteiger partial charge in [0, 0.05) is 23.6 Å². The van der Waals surface area contributed by atoms with Crippen LogP contribution in [0.25, 0.3) is 0 Å². The van der Waals surface area contributed by atoms with E-state index in [2.05, 4.69) is 26.1 Å². The van der Waals surface area contributed by atoms with Gasteiger partial charge in [0.1, 0.15) is 11.5 Å². The van der Waals surface area contributed by atoms with Gasteiger partial charge in [0.15, 0.2) is 0 Å². The Morgan fingerprint density at radius 1 is 1.33 bits per heavy atom. The van der Waals surface area contributed by atoms with Crippen molar-refractivity contribution < 1.29 is 9.84 Å². The Labute approximate surface area is 109 Å². The zero-order valence-electron chi connectivity index (χ0n) is 11.7. The molecule has 1 fully saturated rings. The molecule has 1 aromatic carbocycles. The monoisotopic (exact) mass is 249 g/mol. The first-order valence-electron chi connectivity index (χ1n) is 6.55. The molecule has 1 heterocycles. The van der Waals surface area contributed by atoms with E-state index in [1.54, 1.807) is 7.11 Å². The molecule has 2 N–H and O–H groups in total. The fraction of sp³-hybridized carbons (Fsp3) is 0.600. The van der Waals surface area contributed by atoms with Crippen LogP contribution in [0.1, 0.15) is 44.2 Å².